The van der Waals surface area contributed by atoms with Crippen LogP contribution in [0.2, 0.25) is 0 Å². The highest BCUT2D eigenvalue weighted by Crippen LogP contribution is 2.24. The first-order chi connectivity index (χ1) is 14.0. The lowest BCUT2D eigenvalue weighted by Gasteiger charge is -2.21. The van der Waals surface area contributed by atoms with E-state index in [1.54, 1.807) is 5.38 Å². The largest absolute Gasteiger partial charge is 0.451 e. The summed E-state index contributed by atoms with van der Waals surface area (Å²) < 4.78 is 5.17. The minimum Gasteiger partial charge on any atom is -0.451 e. The molecule has 0 aliphatic heterocycles. The summed E-state index contributed by atoms with van der Waals surface area (Å²) in [5, 5.41) is 5.35. The van der Waals surface area contributed by atoms with E-state index in [0.29, 0.717) is 5.92 Å². The van der Waals surface area contributed by atoms with Crippen molar-refractivity contribution in [1.29, 1.82) is 0 Å². The van der Waals surface area contributed by atoms with Crippen molar-refractivity contribution in [2.75, 3.05) is 6.61 Å². The summed E-state index contributed by atoms with van der Waals surface area (Å²) >= 11 is 1.37. The minimum absolute atomic E-state index is 0.119. The van der Waals surface area contributed by atoms with Gasteiger partial charge in [0, 0.05) is 10.9 Å². The number of nitrogens with zero attached hydrogens (tertiary/aromatic N) is 1. The maximum absolute atomic E-state index is 12.4. The van der Waals surface area contributed by atoms with Crippen LogP contribution in [0.3, 0.4) is 0 Å². The van der Waals surface area contributed by atoms with Gasteiger partial charge < -0.3 is 10.1 Å². The first-order valence-electron chi connectivity index (χ1n) is 9.55. The fraction of sp³-hybridized carbons (Fsp3) is 0.261. The van der Waals surface area contributed by atoms with Crippen molar-refractivity contribution in [3.05, 3.63) is 77.3 Å². The fourth-order valence-electron chi connectivity index (χ4n) is 2.96. The molecule has 0 radical (unpaired) electrons. The third-order valence-electron chi connectivity index (χ3n) is 4.31. The maximum Gasteiger partial charge on any atom is 0.358 e. The van der Waals surface area contributed by atoms with Gasteiger partial charge in [0.15, 0.2) is 12.3 Å². The highest BCUT2D eigenvalue weighted by atomic mass is 32.1. The summed E-state index contributed by atoms with van der Waals surface area (Å²) in [6.07, 6.45) is 0.802. The van der Waals surface area contributed by atoms with Crippen LogP contribution in [0.4, 0.5) is 0 Å². The molecule has 0 bridgehead atoms. The standard InChI is InChI=1S/C23H24N2O3S/c1-16(2)13-19(17-9-5-3-6-10-17)24-21(26)14-28-23(27)20-15-29-22(25-20)18-11-7-4-8-12-18/h3-12,15-16,19H,13-14H2,1-2H3,(H,24,26)/t19-/m0/s1. The lowest BCUT2D eigenvalue weighted by molar-refractivity contribution is -0.125. The number of aromatic nitrogens is 1. The van der Waals surface area contributed by atoms with E-state index in [4.69, 9.17) is 4.74 Å². The summed E-state index contributed by atoms with van der Waals surface area (Å²) in [4.78, 5) is 29.0. The molecule has 1 amide bonds. The van der Waals surface area contributed by atoms with Gasteiger partial charge in [-0.25, -0.2) is 9.78 Å². The first-order valence-corrected chi connectivity index (χ1v) is 10.4. The SMILES string of the molecule is CC(C)C[C@H](NC(=O)COC(=O)c1csc(-c2ccccc2)n1)c1ccccc1. The number of amides is 1. The average molecular weight is 409 g/mol. The molecular weight excluding hydrogens is 384 g/mol. The van der Waals surface area contributed by atoms with Crippen LogP contribution in [0.5, 0.6) is 0 Å². The number of hydrogen-bond acceptors (Lipinski definition) is 5. The quantitative estimate of drug-likeness (QED) is 0.540. The van der Waals surface area contributed by atoms with Gasteiger partial charge in [-0.05, 0) is 17.9 Å². The molecule has 0 spiro atoms. The van der Waals surface area contributed by atoms with Gasteiger partial charge in [-0.3, -0.25) is 4.79 Å². The van der Waals surface area contributed by atoms with Gasteiger partial charge in [0.25, 0.3) is 5.91 Å². The predicted octanol–water partition coefficient (Wildman–Crippen LogP) is 4.87. The molecule has 1 N–H and O–H groups in total. The number of esters is 1. The molecule has 0 aliphatic rings. The number of hydrogen-bond donors (Lipinski definition) is 1. The summed E-state index contributed by atoms with van der Waals surface area (Å²) in [5.74, 6) is -0.514. The minimum atomic E-state index is -0.598. The van der Waals surface area contributed by atoms with Gasteiger partial charge in [0.2, 0.25) is 0 Å². The summed E-state index contributed by atoms with van der Waals surface area (Å²) in [7, 11) is 0. The molecule has 6 heteroatoms. The number of carbonyl (C=O) groups excluding carboxylic acids is 2. The summed E-state index contributed by atoms with van der Waals surface area (Å²) in [6.45, 7) is 3.88. The second-order valence-corrected chi connectivity index (χ2v) is 8.00. The molecule has 3 aromatic rings. The molecule has 0 saturated carbocycles. The Morgan fingerprint density at radius 3 is 2.34 bits per heavy atom. The Bertz CT molecular complexity index is 939. The second-order valence-electron chi connectivity index (χ2n) is 7.14. The zero-order chi connectivity index (χ0) is 20.6. The topological polar surface area (TPSA) is 68.3 Å². The van der Waals surface area contributed by atoms with Gasteiger partial charge >= 0.3 is 5.97 Å². The molecule has 1 atom stereocenters. The lowest BCUT2D eigenvalue weighted by atomic mass is 9.97. The highest BCUT2D eigenvalue weighted by molar-refractivity contribution is 7.13. The van der Waals surface area contributed by atoms with Crippen molar-refractivity contribution in [1.82, 2.24) is 10.3 Å². The smallest absolute Gasteiger partial charge is 0.358 e. The predicted molar refractivity (Wildman–Crippen MR) is 115 cm³/mol. The van der Waals surface area contributed by atoms with Crippen LogP contribution < -0.4 is 5.32 Å². The van der Waals surface area contributed by atoms with Crippen LogP contribution in [0, 0.1) is 5.92 Å². The van der Waals surface area contributed by atoms with Crippen LogP contribution >= 0.6 is 11.3 Å². The van der Waals surface area contributed by atoms with E-state index in [2.05, 4.69) is 24.1 Å². The van der Waals surface area contributed by atoms with Crippen molar-refractivity contribution in [3.8, 4) is 10.6 Å². The molecular formula is C23H24N2O3S. The van der Waals surface area contributed by atoms with Gasteiger partial charge in [0.1, 0.15) is 5.01 Å². The van der Waals surface area contributed by atoms with E-state index < -0.39 is 5.97 Å². The Morgan fingerprint density at radius 1 is 1.03 bits per heavy atom. The number of benzene rings is 2. The Labute approximate surface area is 174 Å². The van der Waals surface area contributed by atoms with Gasteiger partial charge in [-0.1, -0.05) is 74.5 Å². The molecule has 0 saturated heterocycles. The number of carbonyl (C=O) groups is 2. The highest BCUT2D eigenvalue weighted by Gasteiger charge is 2.19. The average Bonchev–Trinajstić information content (AvgIpc) is 3.23. The molecule has 0 aliphatic carbocycles. The molecule has 0 fully saturated rings. The van der Waals surface area contributed by atoms with E-state index in [1.165, 1.54) is 11.3 Å². The third-order valence-corrected chi connectivity index (χ3v) is 5.20. The van der Waals surface area contributed by atoms with Crippen molar-refractivity contribution < 1.29 is 14.3 Å². The Hall–Kier alpha value is -2.99. The number of rotatable bonds is 8. The van der Waals surface area contributed by atoms with E-state index >= 15 is 0 Å². The van der Waals surface area contributed by atoms with Crippen LogP contribution in [0.1, 0.15) is 42.4 Å². The Morgan fingerprint density at radius 2 is 1.69 bits per heavy atom. The van der Waals surface area contributed by atoms with E-state index in [-0.39, 0.29) is 24.2 Å². The van der Waals surface area contributed by atoms with E-state index in [0.717, 1.165) is 22.6 Å². The van der Waals surface area contributed by atoms with Gasteiger partial charge in [0.05, 0.1) is 6.04 Å². The normalized spacial score (nSPS) is 11.8. The molecule has 2 aromatic carbocycles. The van der Waals surface area contributed by atoms with Crippen molar-refractivity contribution in [3.63, 3.8) is 0 Å². The first kappa shape index (κ1) is 20.7. The number of thiazole rings is 1. The number of ether oxygens (including phenoxy) is 1. The van der Waals surface area contributed by atoms with Crippen LogP contribution in [0.15, 0.2) is 66.0 Å². The van der Waals surface area contributed by atoms with Crippen LogP contribution in [-0.4, -0.2) is 23.5 Å². The number of nitrogens with one attached hydrogen (secondary N) is 1. The Balaban J connectivity index is 1.57. The van der Waals surface area contributed by atoms with Crippen LogP contribution in [0.25, 0.3) is 10.6 Å². The maximum atomic E-state index is 12.4. The molecule has 29 heavy (non-hydrogen) atoms. The molecule has 1 aromatic heterocycles. The third kappa shape index (κ3) is 5.99. The van der Waals surface area contributed by atoms with Gasteiger partial charge in [-0.2, -0.15) is 0 Å². The molecule has 5 nitrogen and oxygen atoms in total. The molecule has 0 unspecified atom stereocenters. The summed E-state index contributed by atoms with van der Waals surface area (Å²) in [6, 6.07) is 19.3. The monoisotopic (exact) mass is 408 g/mol. The Kier molecular flexibility index (Phi) is 7.14. The van der Waals surface area contributed by atoms with Crippen molar-refractivity contribution in [2.45, 2.75) is 26.3 Å². The van der Waals surface area contributed by atoms with E-state index in [9.17, 15) is 9.59 Å². The lowest BCUT2D eigenvalue weighted by Crippen LogP contribution is -2.33. The summed E-state index contributed by atoms with van der Waals surface area (Å²) in [5.41, 5.74) is 2.19. The second kappa shape index (κ2) is 9.98. The fourth-order valence-corrected chi connectivity index (χ4v) is 3.75. The molecule has 1 heterocycles. The van der Waals surface area contributed by atoms with Crippen LogP contribution in [-0.2, 0) is 9.53 Å². The zero-order valence-corrected chi connectivity index (χ0v) is 17.3. The molecule has 3 rings (SSSR count). The van der Waals surface area contributed by atoms with Crippen molar-refractivity contribution in [2.24, 2.45) is 5.92 Å². The van der Waals surface area contributed by atoms with E-state index in [1.807, 2.05) is 60.7 Å². The van der Waals surface area contributed by atoms with Gasteiger partial charge in [-0.15, -0.1) is 11.3 Å². The molecule has 150 valence electrons. The van der Waals surface area contributed by atoms with Crippen molar-refractivity contribution >= 4 is 23.2 Å². The zero-order valence-electron chi connectivity index (χ0n) is 16.5.